The van der Waals surface area contributed by atoms with Crippen molar-refractivity contribution in [2.24, 2.45) is 5.73 Å². The lowest BCUT2D eigenvalue weighted by Gasteiger charge is -2.10. The molecule has 3 N–H and O–H groups in total. The zero-order valence-corrected chi connectivity index (χ0v) is 9.92. The van der Waals surface area contributed by atoms with Gasteiger partial charge in [-0.25, -0.2) is 14.5 Å². The first kappa shape index (κ1) is 12.1. The van der Waals surface area contributed by atoms with Crippen LogP contribution in [-0.4, -0.2) is 14.8 Å². The molecule has 2 aromatic rings. The van der Waals surface area contributed by atoms with Gasteiger partial charge in [0.15, 0.2) is 5.82 Å². The van der Waals surface area contributed by atoms with Crippen molar-refractivity contribution < 1.29 is 0 Å². The second-order valence-electron chi connectivity index (χ2n) is 3.90. The van der Waals surface area contributed by atoms with Crippen LogP contribution in [0.3, 0.4) is 0 Å². The Morgan fingerprint density at radius 3 is 2.72 bits per heavy atom. The second kappa shape index (κ2) is 4.85. The normalized spacial score (nSPS) is 12.1. The molecule has 0 radical (unpaired) electrons. The van der Waals surface area contributed by atoms with E-state index in [0.717, 1.165) is 0 Å². The Hall–Kier alpha value is -2.39. The summed E-state index contributed by atoms with van der Waals surface area (Å²) < 4.78 is 1.43. The van der Waals surface area contributed by atoms with Crippen LogP contribution in [-0.2, 0) is 0 Å². The molecule has 1 heterocycles. The molecule has 0 fully saturated rings. The molecule has 0 saturated carbocycles. The van der Waals surface area contributed by atoms with Gasteiger partial charge in [-0.05, 0) is 30.7 Å². The van der Waals surface area contributed by atoms with Crippen molar-refractivity contribution in [3.8, 4) is 11.8 Å². The summed E-state index contributed by atoms with van der Waals surface area (Å²) in [6.07, 6.45) is 0.681. The molecule has 0 amide bonds. The van der Waals surface area contributed by atoms with Gasteiger partial charge in [0.05, 0.1) is 23.4 Å². The van der Waals surface area contributed by atoms with E-state index in [2.05, 4.69) is 10.2 Å². The fourth-order valence-corrected chi connectivity index (χ4v) is 1.68. The lowest BCUT2D eigenvalue weighted by atomic mass is 10.2. The van der Waals surface area contributed by atoms with Crippen LogP contribution in [0.2, 0.25) is 0 Å². The van der Waals surface area contributed by atoms with Gasteiger partial charge in [-0.1, -0.05) is 6.92 Å². The molecule has 0 spiro atoms. The van der Waals surface area contributed by atoms with Crippen LogP contribution in [0.25, 0.3) is 5.69 Å². The lowest BCUT2D eigenvalue weighted by molar-refractivity contribution is 0.631. The van der Waals surface area contributed by atoms with E-state index >= 15 is 0 Å². The molecule has 6 nitrogen and oxygen atoms in total. The average Bonchev–Trinajstić information content (AvgIpc) is 2.80. The van der Waals surface area contributed by atoms with Crippen LogP contribution >= 0.6 is 0 Å². The van der Waals surface area contributed by atoms with E-state index in [9.17, 15) is 4.79 Å². The first-order chi connectivity index (χ1) is 8.67. The maximum atomic E-state index is 11.7. The zero-order valence-electron chi connectivity index (χ0n) is 9.92. The SMILES string of the molecule is CC[C@H](N)c1n[nH]c(=O)n1-c1ccc(C#N)cc1. The topological polar surface area (TPSA) is 100 Å². The van der Waals surface area contributed by atoms with E-state index in [4.69, 9.17) is 11.0 Å². The molecule has 0 aliphatic rings. The van der Waals surface area contributed by atoms with E-state index < -0.39 is 0 Å². The number of aromatic nitrogens is 3. The van der Waals surface area contributed by atoms with Crippen molar-refractivity contribution in [1.29, 1.82) is 5.26 Å². The summed E-state index contributed by atoms with van der Waals surface area (Å²) in [6, 6.07) is 8.41. The fraction of sp³-hybridized carbons (Fsp3) is 0.250. The molecule has 0 aliphatic heterocycles. The number of hydrogen-bond acceptors (Lipinski definition) is 4. The molecule has 92 valence electrons. The molecule has 1 aromatic carbocycles. The molecule has 0 unspecified atom stereocenters. The summed E-state index contributed by atoms with van der Waals surface area (Å²) in [5.74, 6) is 0.493. The third-order valence-corrected chi connectivity index (χ3v) is 2.72. The predicted molar refractivity (Wildman–Crippen MR) is 66.1 cm³/mol. The third-order valence-electron chi connectivity index (χ3n) is 2.72. The predicted octanol–water partition coefficient (Wildman–Crippen LogP) is 0.842. The molecule has 0 saturated heterocycles. The number of aromatic amines is 1. The van der Waals surface area contributed by atoms with Crippen LogP contribution in [0.15, 0.2) is 29.1 Å². The van der Waals surface area contributed by atoms with Crippen LogP contribution in [0, 0.1) is 11.3 Å². The largest absolute Gasteiger partial charge is 0.347 e. The number of nitrogens with zero attached hydrogens (tertiary/aromatic N) is 3. The Bertz CT molecular complexity index is 632. The zero-order chi connectivity index (χ0) is 13.1. The van der Waals surface area contributed by atoms with Gasteiger partial charge in [0.2, 0.25) is 0 Å². The quantitative estimate of drug-likeness (QED) is 0.834. The summed E-state index contributed by atoms with van der Waals surface area (Å²) in [4.78, 5) is 11.7. The van der Waals surface area contributed by atoms with Gasteiger partial charge in [0.25, 0.3) is 0 Å². The summed E-state index contributed by atoms with van der Waals surface area (Å²) in [7, 11) is 0. The molecule has 1 atom stereocenters. The Morgan fingerprint density at radius 1 is 1.50 bits per heavy atom. The third kappa shape index (κ3) is 2.04. The van der Waals surface area contributed by atoms with Crippen molar-refractivity contribution in [3.05, 3.63) is 46.1 Å². The van der Waals surface area contributed by atoms with Crippen molar-refractivity contribution in [2.45, 2.75) is 19.4 Å². The smallest absolute Gasteiger partial charge is 0.321 e. The standard InChI is InChI=1S/C12H13N5O/c1-2-10(14)11-15-16-12(18)17(11)9-5-3-8(7-13)4-6-9/h3-6,10H,2,14H2,1H3,(H,16,18)/t10-/m0/s1. The van der Waals surface area contributed by atoms with Crippen molar-refractivity contribution in [2.75, 3.05) is 0 Å². The minimum atomic E-state index is -0.335. The highest BCUT2D eigenvalue weighted by atomic mass is 16.1. The number of nitrogens with two attached hydrogens (primary N) is 1. The van der Waals surface area contributed by atoms with E-state index in [-0.39, 0.29) is 11.7 Å². The van der Waals surface area contributed by atoms with E-state index in [1.54, 1.807) is 24.3 Å². The van der Waals surface area contributed by atoms with Gasteiger partial charge in [-0.3, -0.25) is 0 Å². The molecular weight excluding hydrogens is 230 g/mol. The van der Waals surface area contributed by atoms with Crippen LogP contribution in [0.5, 0.6) is 0 Å². The summed E-state index contributed by atoms with van der Waals surface area (Å²) in [5, 5.41) is 15.1. The Kier molecular flexibility index (Phi) is 3.26. The number of hydrogen-bond donors (Lipinski definition) is 2. The number of H-pyrrole nitrogens is 1. The average molecular weight is 243 g/mol. The highest BCUT2D eigenvalue weighted by Gasteiger charge is 2.15. The number of nitrogens with one attached hydrogen (secondary N) is 1. The molecular formula is C12H13N5O. The molecule has 6 heteroatoms. The van der Waals surface area contributed by atoms with Gasteiger partial charge >= 0.3 is 5.69 Å². The maximum Gasteiger partial charge on any atom is 0.347 e. The maximum absolute atomic E-state index is 11.7. The first-order valence-electron chi connectivity index (χ1n) is 5.60. The molecule has 1 aromatic heterocycles. The highest BCUT2D eigenvalue weighted by molar-refractivity contribution is 5.39. The summed E-state index contributed by atoms with van der Waals surface area (Å²) in [6.45, 7) is 1.92. The van der Waals surface area contributed by atoms with E-state index in [1.807, 2.05) is 13.0 Å². The molecule has 0 bridgehead atoms. The summed E-state index contributed by atoms with van der Waals surface area (Å²) in [5.41, 5.74) is 6.76. The Morgan fingerprint density at radius 2 is 2.17 bits per heavy atom. The van der Waals surface area contributed by atoms with Gasteiger partial charge < -0.3 is 5.73 Å². The van der Waals surface area contributed by atoms with Gasteiger partial charge in [0.1, 0.15) is 0 Å². The molecule has 18 heavy (non-hydrogen) atoms. The van der Waals surface area contributed by atoms with Crippen LogP contribution < -0.4 is 11.4 Å². The highest BCUT2D eigenvalue weighted by Crippen LogP contribution is 2.14. The Labute approximate surface area is 104 Å². The number of benzene rings is 1. The monoisotopic (exact) mass is 243 g/mol. The van der Waals surface area contributed by atoms with E-state index in [1.165, 1.54) is 4.57 Å². The van der Waals surface area contributed by atoms with Crippen molar-refractivity contribution in [3.63, 3.8) is 0 Å². The van der Waals surface area contributed by atoms with Gasteiger partial charge in [0, 0.05) is 0 Å². The fourth-order valence-electron chi connectivity index (χ4n) is 1.68. The molecule has 0 aliphatic carbocycles. The number of nitriles is 1. The van der Waals surface area contributed by atoms with Crippen LogP contribution in [0.4, 0.5) is 0 Å². The first-order valence-corrected chi connectivity index (χ1v) is 5.60. The minimum absolute atomic E-state index is 0.306. The molecule has 2 rings (SSSR count). The van der Waals surface area contributed by atoms with Gasteiger partial charge in [-0.2, -0.15) is 10.4 Å². The second-order valence-corrected chi connectivity index (χ2v) is 3.90. The minimum Gasteiger partial charge on any atom is -0.321 e. The van der Waals surface area contributed by atoms with Crippen LogP contribution in [0.1, 0.15) is 30.8 Å². The van der Waals surface area contributed by atoms with Gasteiger partial charge in [-0.15, -0.1) is 0 Å². The van der Waals surface area contributed by atoms with Crippen molar-refractivity contribution >= 4 is 0 Å². The van der Waals surface area contributed by atoms with Crippen molar-refractivity contribution in [1.82, 2.24) is 14.8 Å². The Balaban J connectivity index is 2.53. The number of rotatable bonds is 3. The summed E-state index contributed by atoms with van der Waals surface area (Å²) >= 11 is 0. The van der Waals surface area contributed by atoms with E-state index in [0.29, 0.717) is 23.5 Å². The lowest BCUT2D eigenvalue weighted by Crippen LogP contribution is -2.21.